The van der Waals surface area contributed by atoms with E-state index in [0.717, 1.165) is 0 Å². The zero-order chi connectivity index (χ0) is 10.8. The molecule has 0 saturated carbocycles. The highest BCUT2D eigenvalue weighted by atomic mass is 14.9. The highest BCUT2D eigenvalue weighted by Gasteiger charge is 2.21. The molecule has 2 nitrogen and oxygen atoms in total. The van der Waals surface area contributed by atoms with E-state index in [1.54, 1.807) is 5.56 Å². The lowest BCUT2D eigenvalue weighted by Gasteiger charge is -2.17. The molecule has 1 N–H and O–H groups in total. The molecule has 0 amide bonds. The Kier molecular flexibility index (Phi) is 2.92. The summed E-state index contributed by atoms with van der Waals surface area (Å²) in [5.41, 5.74) is 4.63. The van der Waals surface area contributed by atoms with Gasteiger partial charge in [-0.2, -0.15) is 0 Å². The summed E-state index contributed by atoms with van der Waals surface area (Å²) in [5, 5.41) is 3.60. The van der Waals surface area contributed by atoms with Gasteiger partial charge >= 0.3 is 0 Å². The number of pyridine rings is 1. The van der Waals surface area contributed by atoms with Gasteiger partial charge in [0.1, 0.15) is 0 Å². The molecule has 0 radical (unpaired) electrons. The van der Waals surface area contributed by atoms with Gasteiger partial charge in [-0.1, -0.05) is 6.42 Å². The molecule has 0 bridgehead atoms. The van der Waals surface area contributed by atoms with E-state index >= 15 is 0 Å². The second-order valence-corrected chi connectivity index (χ2v) is 5.08. The highest BCUT2D eigenvalue weighted by molar-refractivity contribution is 5.35. The van der Waals surface area contributed by atoms with Gasteiger partial charge in [0.15, 0.2) is 0 Å². The molecule has 1 aromatic heterocycles. The molecule has 0 spiro atoms. The van der Waals surface area contributed by atoms with Crippen molar-refractivity contribution in [3.63, 3.8) is 0 Å². The first kappa shape index (κ1) is 10.3. The number of rotatable bonds is 1. The van der Waals surface area contributed by atoms with Gasteiger partial charge in [0.2, 0.25) is 0 Å². The van der Waals surface area contributed by atoms with Gasteiger partial charge in [0.05, 0.1) is 0 Å². The monoisotopic (exact) mass is 216 g/mol. The fourth-order valence-corrected chi connectivity index (χ4v) is 3.11. The molecule has 2 heterocycles. The smallest absolute Gasteiger partial charge is 0.0338 e. The second kappa shape index (κ2) is 4.54. The Morgan fingerprint density at radius 1 is 1.06 bits per heavy atom. The molecule has 1 aromatic rings. The molecule has 2 heteroatoms. The van der Waals surface area contributed by atoms with Crippen LogP contribution in [0, 0.1) is 0 Å². The van der Waals surface area contributed by atoms with Crippen LogP contribution in [0.2, 0.25) is 0 Å². The van der Waals surface area contributed by atoms with Crippen molar-refractivity contribution in [2.45, 2.75) is 51.0 Å². The quantitative estimate of drug-likeness (QED) is 0.730. The Morgan fingerprint density at radius 3 is 2.88 bits per heavy atom. The Labute approximate surface area is 97.5 Å². The largest absolute Gasteiger partial charge is 0.310 e. The van der Waals surface area contributed by atoms with Crippen LogP contribution in [0.15, 0.2) is 12.4 Å². The Balaban J connectivity index is 1.97. The van der Waals surface area contributed by atoms with Crippen LogP contribution in [0.25, 0.3) is 0 Å². The molecule has 1 aliphatic heterocycles. The number of aromatic nitrogens is 1. The van der Waals surface area contributed by atoms with E-state index in [4.69, 9.17) is 0 Å². The second-order valence-electron chi connectivity index (χ2n) is 5.08. The number of nitrogens with zero attached hydrogens (tertiary/aromatic N) is 1. The first-order chi connectivity index (χ1) is 7.95. The maximum Gasteiger partial charge on any atom is 0.0338 e. The minimum atomic E-state index is 0.584. The third-order valence-corrected chi connectivity index (χ3v) is 3.99. The third-order valence-electron chi connectivity index (χ3n) is 3.99. The van der Waals surface area contributed by atoms with Crippen LogP contribution in [0.3, 0.4) is 0 Å². The molecule has 2 aliphatic rings. The molecular weight excluding hydrogens is 196 g/mol. The molecule has 0 aromatic carbocycles. The van der Waals surface area contributed by atoms with Crippen molar-refractivity contribution in [3.05, 3.63) is 29.1 Å². The fraction of sp³-hybridized carbons (Fsp3) is 0.643. The third kappa shape index (κ3) is 1.86. The van der Waals surface area contributed by atoms with E-state index < -0.39 is 0 Å². The van der Waals surface area contributed by atoms with Crippen molar-refractivity contribution < 1.29 is 0 Å². The predicted octanol–water partition coefficient (Wildman–Crippen LogP) is 2.78. The van der Waals surface area contributed by atoms with Gasteiger partial charge in [-0.15, -0.1) is 0 Å². The van der Waals surface area contributed by atoms with Crippen molar-refractivity contribution in [1.29, 1.82) is 0 Å². The molecule has 86 valence electrons. The van der Waals surface area contributed by atoms with Gasteiger partial charge in [-0.3, -0.25) is 4.98 Å². The van der Waals surface area contributed by atoms with Crippen LogP contribution in [0.5, 0.6) is 0 Å². The number of nitrogens with one attached hydrogen (secondary N) is 1. The SMILES string of the molecule is c1ncc(C2CCCN2)c2c1CCCCC2. The lowest BCUT2D eigenvalue weighted by atomic mass is 9.95. The average molecular weight is 216 g/mol. The normalized spacial score (nSPS) is 25.1. The summed E-state index contributed by atoms with van der Waals surface area (Å²) >= 11 is 0. The lowest BCUT2D eigenvalue weighted by molar-refractivity contribution is 0.633. The highest BCUT2D eigenvalue weighted by Crippen LogP contribution is 2.30. The summed E-state index contributed by atoms with van der Waals surface area (Å²) in [6.45, 7) is 1.17. The standard InChI is InChI=1S/C14H20N2/c1-2-5-11-9-15-10-13(12(11)6-3-1)14-7-4-8-16-14/h9-10,14,16H,1-8H2. The van der Waals surface area contributed by atoms with E-state index in [9.17, 15) is 0 Å². The van der Waals surface area contributed by atoms with Crippen LogP contribution in [-0.4, -0.2) is 11.5 Å². The van der Waals surface area contributed by atoms with E-state index in [1.807, 2.05) is 0 Å². The molecule has 1 unspecified atom stereocenters. The number of hydrogen-bond donors (Lipinski definition) is 1. The summed E-state index contributed by atoms with van der Waals surface area (Å²) in [4.78, 5) is 4.44. The van der Waals surface area contributed by atoms with E-state index in [-0.39, 0.29) is 0 Å². The van der Waals surface area contributed by atoms with Crippen molar-refractivity contribution in [1.82, 2.24) is 10.3 Å². The predicted molar refractivity (Wildman–Crippen MR) is 65.5 cm³/mol. The number of aryl methyl sites for hydroxylation is 1. The van der Waals surface area contributed by atoms with Crippen molar-refractivity contribution in [3.8, 4) is 0 Å². The van der Waals surface area contributed by atoms with Crippen LogP contribution < -0.4 is 5.32 Å². The molecule has 3 rings (SSSR count). The molecule has 1 atom stereocenters. The zero-order valence-corrected chi connectivity index (χ0v) is 9.84. The minimum Gasteiger partial charge on any atom is -0.310 e. The van der Waals surface area contributed by atoms with Crippen molar-refractivity contribution in [2.24, 2.45) is 0 Å². The first-order valence-corrected chi connectivity index (χ1v) is 6.64. The van der Waals surface area contributed by atoms with E-state index in [1.165, 1.54) is 62.6 Å². The maximum atomic E-state index is 4.44. The van der Waals surface area contributed by atoms with Gasteiger partial charge in [0, 0.05) is 18.4 Å². The van der Waals surface area contributed by atoms with Gasteiger partial charge < -0.3 is 5.32 Å². The van der Waals surface area contributed by atoms with Crippen LogP contribution in [0.1, 0.15) is 54.8 Å². The van der Waals surface area contributed by atoms with Crippen LogP contribution >= 0.6 is 0 Å². The van der Waals surface area contributed by atoms with Gasteiger partial charge in [-0.05, 0) is 61.8 Å². The molecule has 1 aliphatic carbocycles. The fourth-order valence-electron chi connectivity index (χ4n) is 3.11. The van der Waals surface area contributed by atoms with E-state index in [0.29, 0.717) is 6.04 Å². The average Bonchev–Trinajstić information content (AvgIpc) is 2.73. The first-order valence-electron chi connectivity index (χ1n) is 6.64. The number of hydrogen-bond acceptors (Lipinski definition) is 2. The molecule has 1 saturated heterocycles. The van der Waals surface area contributed by atoms with Crippen LogP contribution in [-0.2, 0) is 12.8 Å². The molecule has 16 heavy (non-hydrogen) atoms. The van der Waals surface area contributed by atoms with Crippen molar-refractivity contribution in [2.75, 3.05) is 6.54 Å². The summed E-state index contributed by atoms with van der Waals surface area (Å²) in [6.07, 6.45) is 13.4. The Bertz CT molecular complexity index is 367. The summed E-state index contributed by atoms with van der Waals surface area (Å²) in [6, 6.07) is 0.584. The Morgan fingerprint density at radius 2 is 2.00 bits per heavy atom. The molecular formula is C14H20N2. The number of fused-ring (bicyclic) bond motifs is 1. The van der Waals surface area contributed by atoms with Crippen molar-refractivity contribution >= 4 is 0 Å². The summed E-state index contributed by atoms with van der Waals surface area (Å²) in [7, 11) is 0. The zero-order valence-electron chi connectivity index (χ0n) is 9.84. The summed E-state index contributed by atoms with van der Waals surface area (Å²) in [5.74, 6) is 0. The lowest BCUT2D eigenvalue weighted by Crippen LogP contribution is -2.16. The summed E-state index contributed by atoms with van der Waals surface area (Å²) < 4.78 is 0. The van der Waals surface area contributed by atoms with Crippen LogP contribution in [0.4, 0.5) is 0 Å². The minimum absolute atomic E-state index is 0.584. The van der Waals surface area contributed by atoms with E-state index in [2.05, 4.69) is 22.7 Å². The van der Waals surface area contributed by atoms with Gasteiger partial charge in [-0.25, -0.2) is 0 Å². The maximum absolute atomic E-state index is 4.44. The Hall–Kier alpha value is -0.890. The molecule has 1 fully saturated rings. The topological polar surface area (TPSA) is 24.9 Å². The van der Waals surface area contributed by atoms with Gasteiger partial charge in [0.25, 0.3) is 0 Å².